The van der Waals surface area contributed by atoms with Crippen molar-refractivity contribution in [2.24, 2.45) is 0 Å². The average Bonchev–Trinajstić information content (AvgIpc) is 2.34. The molecular formula is C14H20ClNO4S. The van der Waals surface area contributed by atoms with Gasteiger partial charge < -0.3 is 5.11 Å². The van der Waals surface area contributed by atoms with Crippen molar-refractivity contribution in [3.05, 3.63) is 34.9 Å². The number of carbonyl (C=O) groups is 1. The molecule has 1 N–H and O–H groups in total. The summed E-state index contributed by atoms with van der Waals surface area (Å²) in [5, 5.41) is 9.16. The smallest absolute Gasteiger partial charge is 0.303 e. The highest BCUT2D eigenvalue weighted by Crippen LogP contribution is 2.18. The zero-order valence-electron chi connectivity index (χ0n) is 12.1. The molecule has 0 saturated carbocycles. The van der Waals surface area contributed by atoms with Gasteiger partial charge in [-0.1, -0.05) is 23.7 Å². The molecule has 1 rings (SSSR count). The lowest BCUT2D eigenvalue weighted by molar-refractivity contribution is -0.137. The van der Waals surface area contributed by atoms with Gasteiger partial charge in [-0.15, -0.1) is 0 Å². The third-order valence-corrected chi connectivity index (χ3v) is 5.26. The van der Waals surface area contributed by atoms with Crippen LogP contribution in [0.5, 0.6) is 0 Å². The van der Waals surface area contributed by atoms with E-state index in [4.69, 9.17) is 16.7 Å². The van der Waals surface area contributed by atoms with Crippen molar-refractivity contribution in [3.63, 3.8) is 0 Å². The molecule has 0 aliphatic heterocycles. The number of halogens is 1. The number of rotatable bonds is 8. The van der Waals surface area contributed by atoms with Gasteiger partial charge in [-0.25, -0.2) is 8.42 Å². The molecule has 118 valence electrons. The largest absolute Gasteiger partial charge is 0.481 e. The van der Waals surface area contributed by atoms with E-state index in [2.05, 4.69) is 0 Å². The van der Waals surface area contributed by atoms with Crippen LogP contribution in [0.1, 0.15) is 32.3 Å². The Kier molecular flexibility index (Phi) is 6.64. The van der Waals surface area contributed by atoms with Crippen LogP contribution < -0.4 is 0 Å². The lowest BCUT2D eigenvalue weighted by Crippen LogP contribution is -2.38. The van der Waals surface area contributed by atoms with Gasteiger partial charge in [-0.2, -0.15) is 4.31 Å². The summed E-state index contributed by atoms with van der Waals surface area (Å²) in [4.78, 5) is 10.5. The molecule has 0 fully saturated rings. The SMILES string of the molecule is CC(C)N(Cc1cccc(Cl)c1)S(=O)(=O)CCCC(=O)O. The Balaban J connectivity index is 2.83. The van der Waals surface area contributed by atoms with Crippen molar-refractivity contribution in [2.45, 2.75) is 39.3 Å². The van der Waals surface area contributed by atoms with Crippen molar-refractivity contribution in [1.82, 2.24) is 4.31 Å². The van der Waals surface area contributed by atoms with Crippen LogP contribution in [0.4, 0.5) is 0 Å². The predicted octanol–water partition coefficient (Wildman–Crippen LogP) is 2.75. The van der Waals surface area contributed by atoms with Crippen LogP contribution in [-0.4, -0.2) is 35.6 Å². The van der Waals surface area contributed by atoms with Crippen LogP contribution in [0.2, 0.25) is 5.02 Å². The first-order valence-corrected chi connectivity index (χ1v) is 8.67. The highest BCUT2D eigenvalue weighted by molar-refractivity contribution is 7.89. The van der Waals surface area contributed by atoms with E-state index in [1.54, 1.807) is 32.0 Å². The fourth-order valence-electron chi connectivity index (χ4n) is 1.94. The van der Waals surface area contributed by atoms with E-state index in [0.29, 0.717) is 5.02 Å². The molecule has 0 unspecified atom stereocenters. The van der Waals surface area contributed by atoms with Crippen LogP contribution in [-0.2, 0) is 21.4 Å². The van der Waals surface area contributed by atoms with E-state index in [1.807, 2.05) is 6.07 Å². The molecule has 21 heavy (non-hydrogen) atoms. The summed E-state index contributed by atoms with van der Waals surface area (Å²) < 4.78 is 26.1. The van der Waals surface area contributed by atoms with Crippen LogP contribution in [0, 0.1) is 0 Å². The molecule has 0 heterocycles. The molecule has 1 aromatic carbocycles. The Labute approximate surface area is 130 Å². The highest BCUT2D eigenvalue weighted by Gasteiger charge is 2.25. The van der Waals surface area contributed by atoms with Gasteiger partial charge in [0.1, 0.15) is 0 Å². The maximum Gasteiger partial charge on any atom is 0.303 e. The van der Waals surface area contributed by atoms with Gasteiger partial charge in [0.05, 0.1) is 5.75 Å². The molecular weight excluding hydrogens is 314 g/mol. The molecule has 0 saturated heterocycles. The molecule has 7 heteroatoms. The second kappa shape index (κ2) is 7.77. The second-order valence-electron chi connectivity index (χ2n) is 5.08. The van der Waals surface area contributed by atoms with Gasteiger partial charge in [0.15, 0.2) is 0 Å². The third kappa shape index (κ3) is 6.03. The summed E-state index contributed by atoms with van der Waals surface area (Å²) in [7, 11) is -3.50. The van der Waals surface area contributed by atoms with Crippen molar-refractivity contribution in [3.8, 4) is 0 Å². The van der Waals surface area contributed by atoms with E-state index in [-0.39, 0.29) is 31.2 Å². The fourth-order valence-corrected chi connectivity index (χ4v) is 3.89. The van der Waals surface area contributed by atoms with Gasteiger partial charge >= 0.3 is 5.97 Å². The number of hydrogen-bond donors (Lipinski definition) is 1. The van der Waals surface area contributed by atoms with Crippen molar-refractivity contribution < 1.29 is 18.3 Å². The molecule has 1 aromatic rings. The van der Waals surface area contributed by atoms with E-state index >= 15 is 0 Å². The Morgan fingerprint density at radius 3 is 2.57 bits per heavy atom. The Morgan fingerprint density at radius 2 is 2.05 bits per heavy atom. The van der Waals surface area contributed by atoms with E-state index in [0.717, 1.165) is 5.56 Å². The maximum absolute atomic E-state index is 12.3. The number of aliphatic carboxylic acids is 1. The molecule has 0 radical (unpaired) electrons. The lowest BCUT2D eigenvalue weighted by Gasteiger charge is -2.26. The Bertz CT molecular complexity index is 586. The fraction of sp³-hybridized carbons (Fsp3) is 0.500. The van der Waals surface area contributed by atoms with Crippen molar-refractivity contribution in [2.75, 3.05) is 5.75 Å². The minimum atomic E-state index is -3.50. The molecule has 5 nitrogen and oxygen atoms in total. The first-order valence-electron chi connectivity index (χ1n) is 6.68. The van der Waals surface area contributed by atoms with E-state index < -0.39 is 16.0 Å². The van der Waals surface area contributed by atoms with Crippen molar-refractivity contribution in [1.29, 1.82) is 0 Å². The van der Waals surface area contributed by atoms with Crippen LogP contribution in [0.3, 0.4) is 0 Å². The number of carboxylic acid groups (broad SMARTS) is 1. The Morgan fingerprint density at radius 1 is 1.38 bits per heavy atom. The topological polar surface area (TPSA) is 74.7 Å². The number of benzene rings is 1. The average molecular weight is 334 g/mol. The summed E-state index contributed by atoms with van der Waals surface area (Å²) in [5.41, 5.74) is 0.804. The minimum absolute atomic E-state index is 0.108. The zero-order chi connectivity index (χ0) is 16.0. The monoisotopic (exact) mass is 333 g/mol. The van der Waals surface area contributed by atoms with E-state index in [9.17, 15) is 13.2 Å². The summed E-state index contributed by atoms with van der Waals surface area (Å²) in [6.45, 7) is 3.81. The van der Waals surface area contributed by atoms with E-state index in [1.165, 1.54) is 4.31 Å². The van der Waals surface area contributed by atoms with Crippen molar-refractivity contribution >= 4 is 27.6 Å². The molecule has 0 atom stereocenters. The second-order valence-corrected chi connectivity index (χ2v) is 7.56. The van der Waals surface area contributed by atoms with Gasteiger partial charge in [-0.05, 0) is 38.0 Å². The van der Waals surface area contributed by atoms with Crippen LogP contribution in [0.25, 0.3) is 0 Å². The minimum Gasteiger partial charge on any atom is -0.481 e. The Hall–Kier alpha value is -1.11. The molecule has 0 amide bonds. The molecule has 0 aliphatic carbocycles. The van der Waals surface area contributed by atoms with Gasteiger partial charge in [0.2, 0.25) is 10.0 Å². The number of carboxylic acids is 1. The predicted molar refractivity (Wildman–Crippen MR) is 82.8 cm³/mol. The number of sulfonamides is 1. The first kappa shape index (κ1) is 17.9. The first-order chi connectivity index (χ1) is 9.72. The molecule has 0 bridgehead atoms. The van der Waals surface area contributed by atoms with Gasteiger partial charge in [0.25, 0.3) is 0 Å². The summed E-state index contributed by atoms with van der Waals surface area (Å²) in [6, 6.07) is 6.83. The molecule has 0 spiro atoms. The molecule has 0 aromatic heterocycles. The standard InChI is InChI=1S/C14H20ClNO4S/c1-11(2)16(10-12-5-3-6-13(15)9-12)21(19,20)8-4-7-14(17)18/h3,5-6,9,11H,4,7-8,10H2,1-2H3,(H,17,18). The summed E-state index contributed by atoms with van der Waals surface area (Å²) >= 11 is 5.91. The zero-order valence-corrected chi connectivity index (χ0v) is 13.7. The van der Waals surface area contributed by atoms with Crippen LogP contribution in [0.15, 0.2) is 24.3 Å². The van der Waals surface area contributed by atoms with Crippen LogP contribution >= 0.6 is 11.6 Å². The number of hydrogen-bond acceptors (Lipinski definition) is 3. The highest BCUT2D eigenvalue weighted by atomic mass is 35.5. The summed E-state index contributed by atoms with van der Waals surface area (Å²) in [6.07, 6.45) is -0.0429. The normalized spacial score (nSPS) is 12.0. The van der Waals surface area contributed by atoms with Gasteiger partial charge in [0, 0.05) is 24.0 Å². The summed E-state index contributed by atoms with van der Waals surface area (Å²) in [5.74, 6) is -1.16. The number of nitrogens with zero attached hydrogens (tertiary/aromatic N) is 1. The maximum atomic E-state index is 12.3. The molecule has 0 aliphatic rings. The van der Waals surface area contributed by atoms with Gasteiger partial charge in [-0.3, -0.25) is 4.79 Å². The lowest BCUT2D eigenvalue weighted by atomic mass is 10.2. The third-order valence-electron chi connectivity index (χ3n) is 2.95. The quantitative estimate of drug-likeness (QED) is 0.793.